The van der Waals surface area contributed by atoms with Crippen molar-refractivity contribution in [3.8, 4) is 0 Å². The van der Waals surface area contributed by atoms with Gasteiger partial charge in [0.2, 0.25) is 0 Å². The van der Waals surface area contributed by atoms with E-state index in [0.29, 0.717) is 5.02 Å². The third-order valence-corrected chi connectivity index (χ3v) is 4.22. The van der Waals surface area contributed by atoms with Crippen molar-refractivity contribution < 1.29 is 0 Å². The first-order chi connectivity index (χ1) is 8.11. The molecule has 0 amide bonds. The quantitative estimate of drug-likeness (QED) is 0.658. The first-order valence-electron chi connectivity index (χ1n) is 5.08. The van der Waals surface area contributed by atoms with Crippen LogP contribution in [0.1, 0.15) is 22.0 Å². The van der Waals surface area contributed by atoms with Gasteiger partial charge in [0.05, 0.1) is 6.04 Å². The molecule has 0 aliphatic carbocycles. The van der Waals surface area contributed by atoms with Crippen molar-refractivity contribution in [2.45, 2.75) is 13.0 Å². The van der Waals surface area contributed by atoms with Gasteiger partial charge in [0, 0.05) is 14.4 Å². The fourth-order valence-electron chi connectivity index (χ4n) is 1.72. The lowest BCUT2D eigenvalue weighted by Crippen LogP contribution is -2.28. The van der Waals surface area contributed by atoms with Crippen molar-refractivity contribution >= 4 is 38.9 Å². The molecule has 0 fully saturated rings. The van der Waals surface area contributed by atoms with Crippen molar-refractivity contribution in [2.75, 3.05) is 0 Å². The fourth-order valence-corrected chi connectivity index (χ4v) is 3.23. The Morgan fingerprint density at radius 3 is 2.71 bits per heavy atom. The molecule has 3 N–H and O–H groups in total. The van der Waals surface area contributed by atoms with Crippen LogP contribution in [0.4, 0.5) is 0 Å². The van der Waals surface area contributed by atoms with E-state index in [0.717, 1.165) is 15.6 Å². The topological polar surface area (TPSA) is 38.0 Å². The average molecular weight is 332 g/mol. The Bertz CT molecular complexity index is 527. The number of thiophene rings is 1. The van der Waals surface area contributed by atoms with E-state index in [1.807, 2.05) is 18.2 Å². The van der Waals surface area contributed by atoms with Crippen LogP contribution in [0.2, 0.25) is 5.02 Å². The van der Waals surface area contributed by atoms with Crippen LogP contribution in [0.25, 0.3) is 0 Å². The maximum Gasteiger partial charge on any atom is 0.0732 e. The molecule has 2 aromatic rings. The molecule has 1 aromatic carbocycles. The number of rotatable bonds is 3. The number of benzene rings is 1. The van der Waals surface area contributed by atoms with Crippen molar-refractivity contribution in [1.82, 2.24) is 5.43 Å². The highest BCUT2D eigenvalue weighted by Crippen LogP contribution is 2.31. The van der Waals surface area contributed by atoms with Gasteiger partial charge in [-0.3, -0.25) is 5.84 Å². The van der Waals surface area contributed by atoms with Gasteiger partial charge in [-0.2, -0.15) is 0 Å². The van der Waals surface area contributed by atoms with E-state index in [1.165, 1.54) is 4.88 Å². The first kappa shape index (κ1) is 13.1. The summed E-state index contributed by atoms with van der Waals surface area (Å²) in [5.74, 6) is 5.64. The van der Waals surface area contributed by atoms with E-state index in [2.05, 4.69) is 39.7 Å². The van der Waals surface area contributed by atoms with Crippen LogP contribution in [0.15, 0.2) is 34.1 Å². The minimum Gasteiger partial charge on any atom is -0.271 e. The van der Waals surface area contributed by atoms with Crippen LogP contribution < -0.4 is 11.3 Å². The van der Waals surface area contributed by atoms with Gasteiger partial charge in [0.25, 0.3) is 0 Å². The zero-order valence-corrected chi connectivity index (χ0v) is 12.4. The molecule has 90 valence electrons. The lowest BCUT2D eigenvalue weighted by Gasteiger charge is -2.16. The van der Waals surface area contributed by atoms with Gasteiger partial charge in [-0.25, -0.2) is 5.43 Å². The normalized spacial score (nSPS) is 12.7. The van der Waals surface area contributed by atoms with E-state index in [1.54, 1.807) is 11.3 Å². The van der Waals surface area contributed by atoms with Crippen LogP contribution in [0.5, 0.6) is 0 Å². The molecule has 2 rings (SSSR count). The van der Waals surface area contributed by atoms with Crippen molar-refractivity contribution in [3.05, 3.63) is 55.1 Å². The zero-order chi connectivity index (χ0) is 12.4. The number of nitrogens with one attached hydrogen (secondary N) is 1. The molecular formula is C12H12BrClN2S. The third-order valence-electron chi connectivity index (χ3n) is 2.52. The van der Waals surface area contributed by atoms with Crippen molar-refractivity contribution in [1.29, 1.82) is 0 Å². The van der Waals surface area contributed by atoms with Crippen LogP contribution in [0, 0.1) is 6.92 Å². The lowest BCUT2D eigenvalue weighted by atomic mass is 10.0. The lowest BCUT2D eigenvalue weighted by molar-refractivity contribution is 0.638. The number of halogens is 2. The number of nitrogens with two attached hydrogens (primary N) is 1. The molecule has 0 saturated carbocycles. The predicted molar refractivity (Wildman–Crippen MR) is 77.4 cm³/mol. The van der Waals surface area contributed by atoms with E-state index >= 15 is 0 Å². The minimum atomic E-state index is -0.0689. The summed E-state index contributed by atoms with van der Waals surface area (Å²) in [5.41, 5.74) is 4.93. The Hall–Kier alpha value is -0.390. The second-order valence-corrected chi connectivity index (χ2v) is 6.19. The maximum atomic E-state index is 6.24. The summed E-state index contributed by atoms with van der Waals surface area (Å²) in [6.07, 6.45) is 0. The molecule has 5 heteroatoms. The second kappa shape index (κ2) is 5.50. The molecule has 0 aliphatic rings. The predicted octanol–water partition coefficient (Wildman–Crippen LogP) is 4.03. The van der Waals surface area contributed by atoms with Crippen LogP contribution >= 0.6 is 38.9 Å². The van der Waals surface area contributed by atoms with Gasteiger partial charge in [0.15, 0.2) is 0 Å². The van der Waals surface area contributed by atoms with Gasteiger partial charge < -0.3 is 0 Å². The van der Waals surface area contributed by atoms with Gasteiger partial charge in [0.1, 0.15) is 0 Å². The molecule has 0 bridgehead atoms. The van der Waals surface area contributed by atoms with Crippen LogP contribution in [-0.4, -0.2) is 0 Å². The average Bonchev–Trinajstić information content (AvgIpc) is 2.69. The molecule has 1 aromatic heterocycles. The SMILES string of the molecule is Cc1cc(C(NN)c2ccc(Br)cc2Cl)cs1. The maximum absolute atomic E-state index is 6.24. The fraction of sp³-hybridized carbons (Fsp3) is 0.167. The van der Waals surface area contributed by atoms with E-state index in [4.69, 9.17) is 17.4 Å². The summed E-state index contributed by atoms with van der Waals surface area (Å²) in [6.45, 7) is 2.07. The van der Waals surface area contributed by atoms with Crippen LogP contribution in [-0.2, 0) is 0 Å². The van der Waals surface area contributed by atoms with Gasteiger partial charge in [-0.15, -0.1) is 11.3 Å². The van der Waals surface area contributed by atoms with Gasteiger partial charge in [-0.1, -0.05) is 33.6 Å². The van der Waals surface area contributed by atoms with E-state index in [-0.39, 0.29) is 6.04 Å². The molecule has 2 nitrogen and oxygen atoms in total. The zero-order valence-electron chi connectivity index (χ0n) is 9.21. The summed E-state index contributed by atoms with van der Waals surface area (Å²) in [4.78, 5) is 1.26. The number of hydrogen-bond donors (Lipinski definition) is 2. The number of hydrogen-bond acceptors (Lipinski definition) is 3. The first-order valence-corrected chi connectivity index (χ1v) is 7.13. The molecule has 1 unspecified atom stereocenters. The van der Waals surface area contributed by atoms with E-state index < -0.39 is 0 Å². The summed E-state index contributed by atoms with van der Waals surface area (Å²) in [7, 11) is 0. The van der Waals surface area contributed by atoms with E-state index in [9.17, 15) is 0 Å². The highest BCUT2D eigenvalue weighted by atomic mass is 79.9. The summed E-state index contributed by atoms with van der Waals surface area (Å²) < 4.78 is 0.962. The Morgan fingerprint density at radius 2 is 2.18 bits per heavy atom. The standard InChI is InChI=1S/C12H12BrClN2S/c1-7-4-8(6-17-7)12(16-15)10-3-2-9(13)5-11(10)14/h2-6,12,16H,15H2,1H3. The number of hydrazine groups is 1. The van der Waals surface area contributed by atoms with Crippen molar-refractivity contribution in [3.63, 3.8) is 0 Å². The largest absolute Gasteiger partial charge is 0.271 e. The highest BCUT2D eigenvalue weighted by Gasteiger charge is 2.16. The highest BCUT2D eigenvalue weighted by molar-refractivity contribution is 9.10. The minimum absolute atomic E-state index is 0.0689. The molecule has 0 aliphatic heterocycles. The third kappa shape index (κ3) is 2.89. The molecule has 1 heterocycles. The molecule has 0 spiro atoms. The summed E-state index contributed by atoms with van der Waals surface area (Å²) >= 11 is 11.3. The number of aryl methyl sites for hydroxylation is 1. The summed E-state index contributed by atoms with van der Waals surface area (Å²) in [6, 6.07) is 7.86. The molecule has 1 atom stereocenters. The Kier molecular flexibility index (Phi) is 4.22. The molecular weight excluding hydrogens is 320 g/mol. The van der Waals surface area contributed by atoms with Gasteiger partial charge in [-0.05, 0) is 41.6 Å². The molecule has 0 saturated heterocycles. The second-order valence-electron chi connectivity index (χ2n) is 3.76. The Morgan fingerprint density at radius 1 is 1.41 bits per heavy atom. The van der Waals surface area contributed by atoms with Gasteiger partial charge >= 0.3 is 0 Å². The molecule has 17 heavy (non-hydrogen) atoms. The molecule has 0 radical (unpaired) electrons. The Labute approximate surface area is 118 Å². The monoisotopic (exact) mass is 330 g/mol. The summed E-state index contributed by atoms with van der Waals surface area (Å²) in [5, 5.41) is 2.80. The van der Waals surface area contributed by atoms with Crippen LogP contribution in [0.3, 0.4) is 0 Å². The Balaban J connectivity index is 2.42. The smallest absolute Gasteiger partial charge is 0.0732 e. The van der Waals surface area contributed by atoms with Crippen molar-refractivity contribution in [2.24, 2.45) is 5.84 Å².